The van der Waals surface area contributed by atoms with E-state index < -0.39 is 15.1 Å². The Morgan fingerprint density at radius 2 is 1.75 bits per heavy atom. The van der Waals surface area contributed by atoms with Crippen LogP contribution in [-0.2, 0) is 9.84 Å². The number of benzene rings is 2. The minimum absolute atomic E-state index is 0.321. The molecule has 0 atom stereocenters. The lowest BCUT2D eigenvalue weighted by Crippen LogP contribution is -2.14. The first kappa shape index (κ1) is 20.0. The predicted octanol–water partition coefficient (Wildman–Crippen LogP) is 3.88. The molecule has 1 aliphatic rings. The summed E-state index contributed by atoms with van der Waals surface area (Å²) >= 11 is 0. The molecule has 0 fully saturated rings. The van der Waals surface area contributed by atoms with Crippen molar-refractivity contribution in [3.05, 3.63) is 66.5 Å². The van der Waals surface area contributed by atoms with E-state index >= 15 is 0 Å². The number of anilines is 2. The topological polar surface area (TPSA) is 128 Å². The minimum atomic E-state index is -3.31. The highest BCUT2D eigenvalue weighted by Crippen LogP contribution is 2.39. The Labute approximate surface area is 184 Å². The van der Waals surface area contributed by atoms with Crippen LogP contribution in [0.5, 0.6) is 0 Å². The number of rotatable bonds is 5. The fraction of sp³-hybridized carbons (Fsp3) is 0.136. The van der Waals surface area contributed by atoms with Crippen LogP contribution in [0.3, 0.4) is 0 Å². The van der Waals surface area contributed by atoms with E-state index in [9.17, 15) is 8.42 Å². The Balaban J connectivity index is 1.44. The summed E-state index contributed by atoms with van der Waals surface area (Å²) in [5.41, 5.74) is 5.42. The third-order valence-corrected chi connectivity index (χ3v) is 7.56. The number of hydrogen-bond donors (Lipinski definition) is 4. The maximum Gasteiger partial charge on any atom is 0.204 e. The summed E-state index contributed by atoms with van der Waals surface area (Å²) in [6.45, 7) is 3.36. The van der Waals surface area contributed by atoms with Crippen molar-refractivity contribution in [2.45, 2.75) is 24.0 Å². The number of fused-ring (bicyclic) bond motifs is 1. The van der Waals surface area contributed by atoms with Crippen molar-refractivity contribution >= 4 is 27.0 Å². The van der Waals surface area contributed by atoms with E-state index in [0.29, 0.717) is 10.7 Å². The minimum Gasteiger partial charge on any atom is -0.350 e. The molecule has 0 amide bonds. The van der Waals surface area contributed by atoms with Crippen LogP contribution in [0, 0.1) is 0 Å². The van der Waals surface area contributed by atoms with Gasteiger partial charge in [-0.05, 0) is 48.4 Å². The maximum atomic E-state index is 12.4. The average Bonchev–Trinajstić information content (AvgIpc) is 3.49. The van der Waals surface area contributed by atoms with Gasteiger partial charge in [-0.25, -0.2) is 8.42 Å². The molecule has 0 aliphatic carbocycles. The van der Waals surface area contributed by atoms with Crippen LogP contribution in [0.15, 0.2) is 65.8 Å². The molecule has 32 heavy (non-hydrogen) atoms. The van der Waals surface area contributed by atoms with Gasteiger partial charge < -0.3 is 15.6 Å². The van der Waals surface area contributed by atoms with Crippen LogP contribution >= 0.6 is 0 Å². The molecular formula is C22H21N7O2S. The van der Waals surface area contributed by atoms with Crippen molar-refractivity contribution in [3.8, 4) is 22.5 Å². The molecule has 0 radical (unpaired) electrons. The molecule has 9 nitrogen and oxygen atoms in total. The smallest absolute Gasteiger partial charge is 0.204 e. The van der Waals surface area contributed by atoms with Crippen molar-refractivity contribution in [1.29, 1.82) is 0 Å². The Hall–Kier alpha value is -3.92. The highest BCUT2D eigenvalue weighted by atomic mass is 32.2. The number of hydrogen-bond acceptors (Lipinski definition) is 7. The lowest BCUT2D eigenvalue weighted by Gasteiger charge is -2.19. The summed E-state index contributed by atoms with van der Waals surface area (Å²) in [6, 6.07) is 14.8. The largest absolute Gasteiger partial charge is 0.350 e. The quantitative estimate of drug-likeness (QED) is 0.365. The molecule has 2 aromatic carbocycles. The molecule has 0 unspecified atom stereocenters. The highest BCUT2D eigenvalue weighted by molar-refractivity contribution is 7.92. The molecule has 1 aliphatic heterocycles. The summed E-state index contributed by atoms with van der Waals surface area (Å²) in [6.07, 6.45) is 3.78. The third kappa shape index (κ3) is 3.44. The van der Waals surface area contributed by atoms with Crippen LogP contribution in [-0.4, -0.2) is 39.3 Å². The molecule has 4 aromatic rings. The second kappa shape index (κ2) is 7.65. The van der Waals surface area contributed by atoms with Gasteiger partial charge in [0, 0.05) is 23.5 Å². The molecule has 0 saturated carbocycles. The van der Waals surface area contributed by atoms with Crippen molar-refractivity contribution in [3.63, 3.8) is 0 Å². The van der Waals surface area contributed by atoms with Gasteiger partial charge in [-0.2, -0.15) is 5.21 Å². The average molecular weight is 448 g/mol. The van der Waals surface area contributed by atoms with Crippen LogP contribution in [0.4, 0.5) is 11.5 Å². The van der Waals surface area contributed by atoms with E-state index in [-0.39, 0.29) is 0 Å². The fourth-order valence-electron chi connectivity index (χ4n) is 3.57. The molecule has 162 valence electrons. The van der Waals surface area contributed by atoms with Gasteiger partial charge in [0.2, 0.25) is 5.82 Å². The lowest BCUT2D eigenvalue weighted by atomic mass is 10.0. The maximum absolute atomic E-state index is 12.4. The monoisotopic (exact) mass is 447 g/mol. The Morgan fingerprint density at radius 3 is 2.47 bits per heavy atom. The first-order chi connectivity index (χ1) is 15.4. The van der Waals surface area contributed by atoms with Crippen molar-refractivity contribution in [2.75, 3.05) is 10.6 Å². The van der Waals surface area contributed by atoms with Gasteiger partial charge in [0.05, 0.1) is 21.5 Å². The predicted molar refractivity (Wildman–Crippen MR) is 123 cm³/mol. The van der Waals surface area contributed by atoms with Crippen molar-refractivity contribution in [1.82, 2.24) is 25.6 Å². The van der Waals surface area contributed by atoms with Gasteiger partial charge in [0.25, 0.3) is 0 Å². The molecule has 3 heterocycles. The van der Waals surface area contributed by atoms with Crippen LogP contribution < -0.4 is 10.6 Å². The zero-order valence-electron chi connectivity index (χ0n) is 17.4. The second-order valence-corrected chi connectivity index (χ2v) is 10.2. The molecule has 10 heteroatoms. The standard InChI is InChI=1S/C22H21N7O2S/c1-13(2)32(30,31)17-8-6-14(7-9-17)19-12-24-22-20(25-19)18(11-23-22)15-4-3-5-16(10-15)21-26-28-29-27-21/h3-13,23-25H,1-2H3,(H,26,27,28,29). The van der Waals surface area contributed by atoms with Gasteiger partial charge in [-0.3, -0.25) is 0 Å². The summed E-state index contributed by atoms with van der Waals surface area (Å²) in [7, 11) is -3.31. The molecule has 4 N–H and O–H groups in total. The number of nitrogens with one attached hydrogen (secondary N) is 4. The third-order valence-electron chi connectivity index (χ3n) is 5.39. The van der Waals surface area contributed by atoms with Gasteiger partial charge in [-0.15, -0.1) is 10.2 Å². The first-order valence-corrected chi connectivity index (χ1v) is 11.6. The Bertz CT molecular complexity index is 1400. The van der Waals surface area contributed by atoms with E-state index in [1.165, 1.54) is 0 Å². The van der Waals surface area contributed by atoms with Gasteiger partial charge in [0.15, 0.2) is 9.84 Å². The van der Waals surface area contributed by atoms with Crippen molar-refractivity contribution in [2.24, 2.45) is 0 Å². The molecule has 0 spiro atoms. The molecule has 0 bridgehead atoms. The van der Waals surface area contributed by atoms with E-state index in [0.717, 1.165) is 39.5 Å². The van der Waals surface area contributed by atoms with Gasteiger partial charge in [0.1, 0.15) is 5.82 Å². The van der Waals surface area contributed by atoms with Crippen LogP contribution in [0.1, 0.15) is 19.4 Å². The summed E-state index contributed by atoms with van der Waals surface area (Å²) in [4.78, 5) is 3.57. The molecular weight excluding hydrogens is 426 g/mol. The SMILES string of the molecule is CC(C)S(=O)(=O)c1ccc(C2=CNc3[nH]cc(-c4cccc(-c5nn[nH]n5)c4)c3N2)cc1. The number of H-pyrrole nitrogens is 2. The number of aromatic amines is 2. The number of nitrogens with zero attached hydrogens (tertiary/aromatic N) is 3. The Morgan fingerprint density at radius 1 is 0.969 bits per heavy atom. The zero-order chi connectivity index (χ0) is 22.3. The second-order valence-electron chi connectivity index (χ2n) is 7.71. The highest BCUT2D eigenvalue weighted by Gasteiger charge is 2.21. The van der Waals surface area contributed by atoms with E-state index in [4.69, 9.17) is 0 Å². The summed E-state index contributed by atoms with van der Waals surface area (Å²) in [5.74, 6) is 1.37. The van der Waals surface area contributed by atoms with E-state index in [2.05, 4.69) is 36.2 Å². The van der Waals surface area contributed by atoms with E-state index in [1.807, 2.05) is 48.8 Å². The number of sulfone groups is 1. The summed E-state index contributed by atoms with van der Waals surface area (Å²) in [5, 5.41) is 20.5. The van der Waals surface area contributed by atoms with E-state index in [1.54, 1.807) is 26.0 Å². The first-order valence-electron chi connectivity index (χ1n) is 10.1. The zero-order valence-corrected chi connectivity index (χ0v) is 18.2. The van der Waals surface area contributed by atoms with Gasteiger partial charge in [-0.1, -0.05) is 30.3 Å². The lowest BCUT2D eigenvalue weighted by molar-refractivity contribution is 0.587. The number of aromatic nitrogens is 5. The molecule has 5 rings (SSSR count). The van der Waals surface area contributed by atoms with Crippen LogP contribution in [0.2, 0.25) is 0 Å². The fourth-order valence-corrected chi connectivity index (χ4v) is 4.63. The number of tetrazole rings is 1. The Kier molecular flexibility index (Phi) is 4.78. The normalized spacial score (nSPS) is 13.3. The summed E-state index contributed by atoms with van der Waals surface area (Å²) < 4.78 is 24.8. The van der Waals surface area contributed by atoms with Crippen molar-refractivity contribution < 1.29 is 8.42 Å². The van der Waals surface area contributed by atoms with Gasteiger partial charge >= 0.3 is 0 Å². The molecule has 0 saturated heterocycles. The molecule has 2 aromatic heterocycles. The van der Waals surface area contributed by atoms with Crippen LogP contribution in [0.25, 0.3) is 28.2 Å².